The number of hydrogen-bond acceptors (Lipinski definition) is 7. The number of nitrogens with zero attached hydrogens (tertiary/aromatic N) is 2. The summed E-state index contributed by atoms with van der Waals surface area (Å²) in [6, 6.07) is 9.66. The van der Waals surface area contributed by atoms with Crippen molar-refractivity contribution in [3.05, 3.63) is 35.9 Å². The molecule has 1 aromatic rings. The third kappa shape index (κ3) is 5.58. The van der Waals surface area contributed by atoms with Crippen molar-refractivity contribution < 1.29 is 23.2 Å². The first-order valence-electron chi connectivity index (χ1n) is 6.21. The number of halogens is 1. The van der Waals surface area contributed by atoms with Gasteiger partial charge in [-0.25, -0.2) is 4.79 Å². The molecule has 9 heteroatoms. The Morgan fingerprint density at radius 3 is 2.23 bits per heavy atom. The molecule has 0 radical (unpaired) electrons. The first kappa shape index (κ1) is 20.3. The lowest BCUT2D eigenvalue weighted by Crippen LogP contribution is -2.08. The molecule has 0 spiro atoms. The Hall–Kier alpha value is -1.71. The van der Waals surface area contributed by atoms with Gasteiger partial charge in [-0.2, -0.15) is 5.26 Å². The van der Waals surface area contributed by atoms with Crippen LogP contribution in [0.15, 0.2) is 35.5 Å². The highest BCUT2D eigenvalue weighted by Crippen LogP contribution is 2.49. The SMILES string of the molecule is CCOP(=O)(OCC)C(C#N)=NOC(=O)c1ccccc1.Cl. The normalized spacial score (nSPS) is 11.2. The monoisotopic (exact) mass is 346 g/mol. The van der Waals surface area contributed by atoms with Crippen LogP contribution in [-0.4, -0.2) is 24.6 Å². The number of carbonyl (C=O) groups is 1. The predicted octanol–water partition coefficient (Wildman–Crippen LogP) is 3.37. The van der Waals surface area contributed by atoms with Gasteiger partial charge in [-0.3, -0.25) is 4.57 Å². The van der Waals surface area contributed by atoms with Crippen molar-refractivity contribution in [1.82, 2.24) is 0 Å². The van der Waals surface area contributed by atoms with Gasteiger partial charge in [0.1, 0.15) is 6.07 Å². The molecule has 0 bridgehead atoms. The molecule has 22 heavy (non-hydrogen) atoms. The summed E-state index contributed by atoms with van der Waals surface area (Å²) in [6.45, 7) is 3.31. The zero-order valence-electron chi connectivity index (χ0n) is 12.1. The van der Waals surface area contributed by atoms with Crippen LogP contribution in [0.3, 0.4) is 0 Å². The minimum atomic E-state index is -3.87. The zero-order valence-corrected chi connectivity index (χ0v) is 13.8. The molecule has 0 aromatic heterocycles. The van der Waals surface area contributed by atoms with Crippen molar-refractivity contribution in [2.75, 3.05) is 13.2 Å². The van der Waals surface area contributed by atoms with Crippen LogP contribution in [0.25, 0.3) is 0 Å². The molecule has 0 saturated carbocycles. The fraction of sp³-hybridized carbons (Fsp3) is 0.308. The van der Waals surface area contributed by atoms with Crippen LogP contribution in [0.1, 0.15) is 24.2 Å². The molecular formula is C13H16ClN2O5P. The molecule has 0 amide bonds. The van der Waals surface area contributed by atoms with Crippen molar-refractivity contribution in [3.8, 4) is 6.07 Å². The molecule has 0 aliphatic carbocycles. The average Bonchev–Trinajstić information content (AvgIpc) is 2.49. The van der Waals surface area contributed by atoms with E-state index in [0.29, 0.717) is 0 Å². The summed E-state index contributed by atoms with van der Waals surface area (Å²) >= 11 is 0. The highest BCUT2D eigenvalue weighted by molar-refractivity contribution is 7.73. The first-order valence-corrected chi connectivity index (χ1v) is 7.75. The molecule has 0 heterocycles. The van der Waals surface area contributed by atoms with Crippen LogP contribution < -0.4 is 0 Å². The van der Waals surface area contributed by atoms with E-state index in [9.17, 15) is 9.36 Å². The van der Waals surface area contributed by atoms with E-state index >= 15 is 0 Å². The molecule has 1 aromatic carbocycles. The van der Waals surface area contributed by atoms with Gasteiger partial charge in [0.15, 0.2) is 0 Å². The standard InChI is InChI=1S/C13H15N2O5P.ClH/c1-3-18-21(17,19-4-2)12(10-14)15-20-13(16)11-8-6-5-7-9-11;/h5-9H,3-4H2,1-2H3;1H. The lowest BCUT2D eigenvalue weighted by Gasteiger charge is -2.13. The van der Waals surface area contributed by atoms with Crippen molar-refractivity contribution >= 4 is 31.4 Å². The lowest BCUT2D eigenvalue weighted by atomic mass is 10.2. The number of carbonyl (C=O) groups excluding carboxylic acids is 1. The van der Waals surface area contributed by atoms with Crippen LogP contribution in [0.4, 0.5) is 0 Å². The van der Waals surface area contributed by atoms with Gasteiger partial charge in [0.25, 0.3) is 5.45 Å². The van der Waals surface area contributed by atoms with Gasteiger partial charge in [-0.05, 0) is 26.0 Å². The fourth-order valence-corrected chi connectivity index (χ4v) is 2.60. The largest absolute Gasteiger partial charge is 0.393 e. The number of oxime groups is 1. The fourth-order valence-electron chi connectivity index (χ4n) is 1.34. The minimum absolute atomic E-state index is 0. The first-order chi connectivity index (χ1) is 10.1. The van der Waals surface area contributed by atoms with Gasteiger partial charge in [0, 0.05) is 0 Å². The van der Waals surface area contributed by atoms with E-state index in [1.165, 1.54) is 12.1 Å². The number of rotatable bonds is 7. The van der Waals surface area contributed by atoms with Crippen molar-refractivity contribution in [2.45, 2.75) is 13.8 Å². The second-order valence-corrected chi connectivity index (χ2v) is 5.54. The topological polar surface area (TPSA) is 98.0 Å². The third-order valence-corrected chi connectivity index (χ3v) is 4.08. The van der Waals surface area contributed by atoms with Crippen LogP contribution in [0.5, 0.6) is 0 Å². The Balaban J connectivity index is 0.00000441. The van der Waals surface area contributed by atoms with E-state index < -0.39 is 19.0 Å². The molecule has 0 N–H and O–H groups in total. The molecule has 0 unspecified atom stereocenters. The van der Waals surface area contributed by atoms with Gasteiger partial charge < -0.3 is 13.9 Å². The van der Waals surface area contributed by atoms with Crippen molar-refractivity contribution in [3.63, 3.8) is 0 Å². The minimum Gasteiger partial charge on any atom is -0.311 e. The molecule has 0 fully saturated rings. The Labute approximate surface area is 134 Å². The summed E-state index contributed by atoms with van der Waals surface area (Å²) in [5.41, 5.74) is -0.350. The molecule has 0 aliphatic heterocycles. The van der Waals surface area contributed by atoms with E-state index in [4.69, 9.17) is 14.3 Å². The van der Waals surface area contributed by atoms with Gasteiger partial charge in [-0.15, -0.1) is 12.4 Å². The maximum absolute atomic E-state index is 12.3. The summed E-state index contributed by atoms with van der Waals surface area (Å²) in [4.78, 5) is 16.3. The summed E-state index contributed by atoms with van der Waals surface area (Å²) in [7, 11) is -3.87. The molecule has 0 aliphatic rings. The number of benzene rings is 1. The van der Waals surface area contributed by atoms with Gasteiger partial charge in [0.2, 0.25) is 0 Å². The maximum atomic E-state index is 12.3. The molecule has 0 saturated heterocycles. The summed E-state index contributed by atoms with van der Waals surface area (Å²) in [5, 5.41) is 12.3. The van der Waals surface area contributed by atoms with E-state index in [1.54, 1.807) is 38.1 Å². The van der Waals surface area contributed by atoms with Crippen molar-refractivity contribution in [1.29, 1.82) is 5.26 Å². The Morgan fingerprint density at radius 1 is 1.23 bits per heavy atom. The smallest absolute Gasteiger partial charge is 0.311 e. The quantitative estimate of drug-likeness (QED) is 0.325. The van der Waals surface area contributed by atoms with Crippen molar-refractivity contribution in [2.24, 2.45) is 5.16 Å². The maximum Gasteiger partial charge on any atom is 0.393 e. The van der Waals surface area contributed by atoms with Gasteiger partial charge in [-0.1, -0.05) is 23.4 Å². The summed E-state index contributed by atoms with van der Waals surface area (Å²) in [6.07, 6.45) is 0. The summed E-state index contributed by atoms with van der Waals surface area (Å²) in [5.74, 6) is -0.775. The molecule has 1 rings (SSSR count). The Morgan fingerprint density at radius 2 is 1.77 bits per heavy atom. The number of nitriles is 1. The van der Waals surface area contributed by atoms with E-state index in [2.05, 4.69) is 9.99 Å². The van der Waals surface area contributed by atoms with E-state index in [-0.39, 0.29) is 31.2 Å². The highest BCUT2D eigenvalue weighted by Gasteiger charge is 2.33. The Kier molecular flexibility index (Phi) is 9.31. The van der Waals surface area contributed by atoms with Crippen LogP contribution in [0, 0.1) is 11.3 Å². The molecule has 7 nitrogen and oxygen atoms in total. The molecule has 0 atom stereocenters. The van der Waals surface area contributed by atoms with Crippen LogP contribution in [0.2, 0.25) is 0 Å². The lowest BCUT2D eigenvalue weighted by molar-refractivity contribution is 0.0517. The Bertz CT molecular complexity index is 590. The molecule has 120 valence electrons. The van der Waals surface area contributed by atoms with E-state index in [0.717, 1.165) is 0 Å². The number of hydrogen-bond donors (Lipinski definition) is 0. The average molecular weight is 347 g/mol. The van der Waals surface area contributed by atoms with E-state index in [1.807, 2.05) is 0 Å². The predicted molar refractivity (Wildman–Crippen MR) is 83.0 cm³/mol. The van der Waals surface area contributed by atoms with Gasteiger partial charge >= 0.3 is 13.6 Å². The van der Waals surface area contributed by atoms with Gasteiger partial charge in [0.05, 0.1) is 18.8 Å². The summed E-state index contributed by atoms with van der Waals surface area (Å²) < 4.78 is 22.2. The highest BCUT2D eigenvalue weighted by atomic mass is 35.5. The zero-order chi connectivity index (χ0) is 15.7. The van der Waals surface area contributed by atoms with Crippen LogP contribution in [-0.2, 0) is 18.5 Å². The van der Waals surface area contributed by atoms with Crippen LogP contribution >= 0.6 is 20.0 Å². The second-order valence-electron chi connectivity index (χ2n) is 3.60. The third-order valence-electron chi connectivity index (χ3n) is 2.18. The second kappa shape index (κ2) is 10.1. The molecular weight excluding hydrogens is 331 g/mol.